The van der Waals surface area contributed by atoms with Crippen LogP contribution in [0.4, 0.5) is 5.69 Å². The van der Waals surface area contributed by atoms with Crippen LogP contribution in [0.3, 0.4) is 0 Å². The van der Waals surface area contributed by atoms with Gasteiger partial charge in [-0.25, -0.2) is 8.42 Å². The van der Waals surface area contributed by atoms with Crippen molar-refractivity contribution in [2.24, 2.45) is 0 Å². The van der Waals surface area contributed by atoms with Crippen LogP contribution in [0.15, 0.2) is 24.3 Å². The molecule has 1 aliphatic rings. The number of benzene rings is 1. The third-order valence-electron chi connectivity index (χ3n) is 4.10. The van der Waals surface area contributed by atoms with E-state index in [1.54, 1.807) is 0 Å². The van der Waals surface area contributed by atoms with Crippen molar-refractivity contribution in [3.05, 3.63) is 29.8 Å². The summed E-state index contributed by atoms with van der Waals surface area (Å²) in [4.78, 5) is 12.2. The molecule has 0 aromatic heterocycles. The molecular formula is C17H26N2O3S. The molecule has 1 saturated heterocycles. The Bertz CT molecular complexity index is 656. The van der Waals surface area contributed by atoms with E-state index in [2.05, 4.69) is 24.5 Å². The Hall–Kier alpha value is -1.40. The highest BCUT2D eigenvalue weighted by molar-refractivity contribution is 7.91. The first-order valence-corrected chi connectivity index (χ1v) is 9.94. The van der Waals surface area contributed by atoms with Gasteiger partial charge in [0.15, 0.2) is 9.84 Å². The molecule has 23 heavy (non-hydrogen) atoms. The van der Waals surface area contributed by atoms with Gasteiger partial charge < -0.3 is 10.6 Å². The molecule has 1 aliphatic heterocycles. The molecule has 1 amide bonds. The minimum atomic E-state index is -2.90. The molecule has 0 radical (unpaired) electrons. The summed E-state index contributed by atoms with van der Waals surface area (Å²) in [5.74, 6) is 0.699. The first kappa shape index (κ1) is 17.9. The molecule has 2 N–H and O–H groups in total. The SMILES string of the molecule is CC(C)c1ccccc1NC(=O)C[C@H](C)N[C@@H]1CCS(=O)(=O)C1. The standard InChI is InChI=1S/C17H26N2O3S/c1-12(2)15-6-4-5-7-16(15)19-17(20)10-13(3)18-14-8-9-23(21,22)11-14/h4-7,12-14,18H,8-11H2,1-3H3,(H,19,20)/t13-,14+/m0/s1. The summed E-state index contributed by atoms with van der Waals surface area (Å²) < 4.78 is 22.9. The molecule has 1 heterocycles. The maximum absolute atomic E-state index is 12.2. The van der Waals surface area contributed by atoms with Crippen molar-refractivity contribution in [2.45, 2.75) is 51.6 Å². The minimum Gasteiger partial charge on any atom is -0.326 e. The van der Waals surface area contributed by atoms with Gasteiger partial charge in [0.2, 0.25) is 5.91 Å². The Kier molecular flexibility index (Phi) is 5.81. The lowest BCUT2D eigenvalue weighted by Crippen LogP contribution is -2.39. The Balaban J connectivity index is 1.87. The summed E-state index contributed by atoms with van der Waals surface area (Å²) in [5.41, 5.74) is 1.96. The van der Waals surface area contributed by atoms with E-state index in [1.165, 1.54) is 0 Å². The molecule has 0 bridgehead atoms. The molecule has 0 saturated carbocycles. The number of carbonyl (C=O) groups excluding carboxylic acids is 1. The van der Waals surface area contributed by atoms with Crippen LogP contribution in [-0.4, -0.2) is 37.9 Å². The zero-order valence-electron chi connectivity index (χ0n) is 14.0. The topological polar surface area (TPSA) is 75.3 Å². The fourth-order valence-corrected chi connectivity index (χ4v) is 4.67. The molecule has 1 aromatic rings. The van der Waals surface area contributed by atoms with Gasteiger partial charge >= 0.3 is 0 Å². The van der Waals surface area contributed by atoms with Gasteiger partial charge in [0.05, 0.1) is 11.5 Å². The van der Waals surface area contributed by atoms with Gasteiger partial charge in [-0.3, -0.25) is 4.79 Å². The van der Waals surface area contributed by atoms with Gasteiger partial charge in [-0.15, -0.1) is 0 Å². The lowest BCUT2D eigenvalue weighted by Gasteiger charge is -2.19. The average molecular weight is 338 g/mol. The van der Waals surface area contributed by atoms with Crippen molar-refractivity contribution in [1.82, 2.24) is 5.32 Å². The zero-order chi connectivity index (χ0) is 17.0. The van der Waals surface area contributed by atoms with Gasteiger partial charge in [-0.2, -0.15) is 0 Å². The van der Waals surface area contributed by atoms with E-state index < -0.39 is 9.84 Å². The molecule has 0 unspecified atom stereocenters. The molecular weight excluding hydrogens is 312 g/mol. The quantitative estimate of drug-likeness (QED) is 0.834. The van der Waals surface area contributed by atoms with E-state index in [0.717, 1.165) is 11.3 Å². The van der Waals surface area contributed by atoms with E-state index in [-0.39, 0.29) is 29.5 Å². The summed E-state index contributed by atoms with van der Waals surface area (Å²) in [5, 5.41) is 6.22. The average Bonchev–Trinajstić information content (AvgIpc) is 2.77. The summed E-state index contributed by atoms with van der Waals surface area (Å²) in [7, 11) is -2.90. The van der Waals surface area contributed by atoms with Gasteiger partial charge in [0.25, 0.3) is 0 Å². The highest BCUT2D eigenvalue weighted by Gasteiger charge is 2.28. The lowest BCUT2D eigenvalue weighted by atomic mass is 10.0. The van der Waals surface area contributed by atoms with Crippen LogP contribution in [0.5, 0.6) is 0 Å². The van der Waals surface area contributed by atoms with Crippen molar-refractivity contribution in [1.29, 1.82) is 0 Å². The first-order valence-electron chi connectivity index (χ1n) is 8.12. The van der Waals surface area contributed by atoms with Crippen molar-refractivity contribution in [3.63, 3.8) is 0 Å². The van der Waals surface area contributed by atoms with Crippen LogP contribution in [0, 0.1) is 0 Å². The predicted octanol–water partition coefficient (Wildman–Crippen LogP) is 2.30. The maximum Gasteiger partial charge on any atom is 0.225 e. The zero-order valence-corrected chi connectivity index (χ0v) is 14.8. The molecule has 1 aromatic carbocycles. The summed E-state index contributed by atoms with van der Waals surface area (Å²) in [6, 6.07) is 7.72. The molecule has 0 aliphatic carbocycles. The summed E-state index contributed by atoms with van der Waals surface area (Å²) >= 11 is 0. The van der Waals surface area contributed by atoms with Gasteiger partial charge in [0, 0.05) is 24.2 Å². The van der Waals surface area contributed by atoms with E-state index >= 15 is 0 Å². The maximum atomic E-state index is 12.2. The number of carbonyl (C=O) groups is 1. The smallest absolute Gasteiger partial charge is 0.225 e. The number of sulfone groups is 1. The molecule has 1 fully saturated rings. The molecule has 0 spiro atoms. The number of amides is 1. The highest BCUT2D eigenvalue weighted by Crippen LogP contribution is 2.23. The summed E-state index contributed by atoms with van der Waals surface area (Å²) in [6.07, 6.45) is 0.952. The van der Waals surface area contributed by atoms with Crippen molar-refractivity contribution in [3.8, 4) is 0 Å². The Labute approximate surface area is 138 Å². The second-order valence-corrected chi connectivity index (χ2v) is 8.89. The number of anilines is 1. The van der Waals surface area contributed by atoms with E-state index in [4.69, 9.17) is 0 Å². The van der Waals surface area contributed by atoms with Crippen LogP contribution in [-0.2, 0) is 14.6 Å². The van der Waals surface area contributed by atoms with Crippen LogP contribution in [0.25, 0.3) is 0 Å². The normalized spacial score (nSPS) is 21.3. The second kappa shape index (κ2) is 7.45. The molecule has 2 rings (SSSR count). The highest BCUT2D eigenvalue weighted by atomic mass is 32.2. The number of nitrogens with one attached hydrogen (secondary N) is 2. The third kappa shape index (κ3) is 5.32. The minimum absolute atomic E-state index is 0.0363. The largest absolute Gasteiger partial charge is 0.326 e. The van der Waals surface area contributed by atoms with Crippen molar-refractivity contribution >= 4 is 21.4 Å². The van der Waals surface area contributed by atoms with Crippen LogP contribution in [0.1, 0.15) is 45.1 Å². The fourth-order valence-electron chi connectivity index (χ4n) is 2.98. The number of rotatable bonds is 6. The Morgan fingerprint density at radius 3 is 2.57 bits per heavy atom. The van der Waals surface area contributed by atoms with Gasteiger partial charge in [0.1, 0.15) is 0 Å². The summed E-state index contributed by atoms with van der Waals surface area (Å²) in [6.45, 7) is 6.10. The second-order valence-electron chi connectivity index (χ2n) is 6.66. The molecule has 6 heteroatoms. The molecule has 128 valence electrons. The van der Waals surface area contributed by atoms with Crippen molar-refractivity contribution in [2.75, 3.05) is 16.8 Å². The van der Waals surface area contributed by atoms with Gasteiger partial charge in [-0.1, -0.05) is 32.0 Å². The van der Waals surface area contributed by atoms with E-state index in [0.29, 0.717) is 18.8 Å². The van der Waals surface area contributed by atoms with Crippen LogP contribution < -0.4 is 10.6 Å². The van der Waals surface area contributed by atoms with Gasteiger partial charge in [-0.05, 0) is 30.9 Å². The van der Waals surface area contributed by atoms with Crippen molar-refractivity contribution < 1.29 is 13.2 Å². The number of hydrogen-bond acceptors (Lipinski definition) is 4. The van der Waals surface area contributed by atoms with E-state index in [9.17, 15) is 13.2 Å². The monoisotopic (exact) mass is 338 g/mol. The first-order chi connectivity index (χ1) is 10.8. The molecule has 2 atom stereocenters. The van der Waals surface area contributed by atoms with Crippen LogP contribution in [0.2, 0.25) is 0 Å². The molecule has 5 nitrogen and oxygen atoms in total. The third-order valence-corrected chi connectivity index (χ3v) is 5.87. The number of hydrogen-bond donors (Lipinski definition) is 2. The van der Waals surface area contributed by atoms with Crippen LogP contribution >= 0.6 is 0 Å². The Morgan fingerprint density at radius 1 is 1.26 bits per heavy atom. The van der Waals surface area contributed by atoms with E-state index in [1.807, 2.05) is 31.2 Å². The lowest BCUT2D eigenvalue weighted by molar-refractivity contribution is -0.116. The fraction of sp³-hybridized carbons (Fsp3) is 0.588. The number of para-hydroxylation sites is 1. The Morgan fingerprint density at radius 2 is 1.96 bits per heavy atom. The predicted molar refractivity (Wildman–Crippen MR) is 93.4 cm³/mol.